The van der Waals surface area contributed by atoms with Crippen LogP contribution in [-0.2, 0) is 17.7 Å². The molecule has 1 aromatic heterocycles. The summed E-state index contributed by atoms with van der Waals surface area (Å²) in [5, 5.41) is 3.14. The van der Waals surface area contributed by atoms with Gasteiger partial charge in [-0.05, 0) is 55.6 Å². The van der Waals surface area contributed by atoms with Crippen molar-refractivity contribution in [3.05, 3.63) is 95.6 Å². The zero-order chi connectivity index (χ0) is 24.3. The number of rotatable bonds is 4. The minimum absolute atomic E-state index is 0.149. The molecule has 0 bridgehead atoms. The van der Waals surface area contributed by atoms with E-state index in [1.165, 1.54) is 12.3 Å². The van der Waals surface area contributed by atoms with Gasteiger partial charge in [0.1, 0.15) is 18.2 Å². The quantitative estimate of drug-likeness (QED) is 0.609. The Morgan fingerprint density at radius 3 is 2.63 bits per heavy atom. The molecule has 0 saturated carbocycles. The van der Waals surface area contributed by atoms with Crippen LogP contribution in [0.25, 0.3) is 0 Å². The number of halogens is 1. The average Bonchev–Trinajstić information content (AvgIpc) is 2.88. The molecule has 4 rings (SSSR count). The molecule has 0 radical (unpaired) electrons. The number of hydrogen-bond acceptors (Lipinski definition) is 5. The van der Waals surface area contributed by atoms with Crippen molar-refractivity contribution in [3.8, 4) is 5.75 Å². The molecule has 184 valence electrons. The average molecular weight is 478 g/mol. The topological polar surface area (TPSA) is 63.7 Å². The molecule has 2 aromatic carbocycles. The number of ether oxygens (including phenoxy) is 2. The minimum Gasteiger partial charge on any atom is -0.491 e. The fourth-order valence-corrected chi connectivity index (χ4v) is 4.14. The second-order valence-corrected chi connectivity index (χ2v) is 8.73. The second-order valence-electron chi connectivity index (χ2n) is 8.73. The molecule has 3 aromatic rings. The third-order valence-corrected chi connectivity index (χ3v) is 5.96. The van der Waals surface area contributed by atoms with E-state index in [1.54, 1.807) is 12.1 Å². The summed E-state index contributed by atoms with van der Waals surface area (Å²) in [5.41, 5.74) is 2.46. The van der Waals surface area contributed by atoms with E-state index in [0.29, 0.717) is 50.6 Å². The van der Waals surface area contributed by atoms with Crippen LogP contribution >= 0.6 is 0 Å². The number of nitrogens with zero attached hydrogens (tertiary/aromatic N) is 2. The molecule has 0 spiro atoms. The fraction of sp³-hybridized carbons (Fsp3) is 0.357. The maximum absolute atomic E-state index is 13.3. The summed E-state index contributed by atoms with van der Waals surface area (Å²) < 4.78 is 25.3. The molecular weight excluding hydrogens is 445 g/mol. The van der Waals surface area contributed by atoms with E-state index in [0.717, 1.165) is 30.6 Å². The van der Waals surface area contributed by atoms with E-state index in [1.807, 2.05) is 36.4 Å². The van der Waals surface area contributed by atoms with Crippen molar-refractivity contribution in [3.63, 3.8) is 0 Å². The Morgan fingerprint density at radius 1 is 0.971 bits per heavy atom. The highest BCUT2D eigenvalue weighted by Crippen LogP contribution is 2.19. The molecule has 0 unspecified atom stereocenters. The second kappa shape index (κ2) is 13.0. The van der Waals surface area contributed by atoms with Crippen molar-refractivity contribution < 1.29 is 18.7 Å². The number of nitrogens with one attached hydrogen (secondary N) is 1. The van der Waals surface area contributed by atoms with Gasteiger partial charge in [0.15, 0.2) is 0 Å². The van der Waals surface area contributed by atoms with Crippen LogP contribution in [0.3, 0.4) is 0 Å². The highest BCUT2D eigenvalue weighted by molar-refractivity contribution is 5.97. The number of carbonyl (C=O) groups excluding carboxylic acids is 1. The molecular formula is C28H32FN3O3. The molecule has 2 heterocycles. The van der Waals surface area contributed by atoms with Gasteiger partial charge in [0, 0.05) is 19.7 Å². The van der Waals surface area contributed by atoms with Gasteiger partial charge in [0.2, 0.25) is 0 Å². The normalized spacial score (nSPS) is 18.4. The molecule has 7 heteroatoms. The van der Waals surface area contributed by atoms with Gasteiger partial charge >= 0.3 is 0 Å². The van der Waals surface area contributed by atoms with Gasteiger partial charge < -0.3 is 14.8 Å². The SMILES string of the molecule is O=C1N[C@@H](Cc2ccccc2)COCCCCN(Cc2ccc(F)cn2)CCOc2ccccc21. The molecule has 6 nitrogen and oxygen atoms in total. The molecule has 1 amide bonds. The lowest BCUT2D eigenvalue weighted by Gasteiger charge is -2.22. The molecule has 0 fully saturated rings. The predicted molar refractivity (Wildman–Crippen MR) is 133 cm³/mol. The van der Waals surface area contributed by atoms with Crippen LogP contribution in [-0.4, -0.2) is 54.7 Å². The molecule has 1 aliphatic heterocycles. The van der Waals surface area contributed by atoms with E-state index in [-0.39, 0.29) is 17.8 Å². The highest BCUT2D eigenvalue weighted by Gasteiger charge is 2.19. The van der Waals surface area contributed by atoms with E-state index in [2.05, 4.69) is 27.3 Å². The smallest absolute Gasteiger partial charge is 0.255 e. The van der Waals surface area contributed by atoms with E-state index >= 15 is 0 Å². The standard InChI is InChI=1S/C28H32FN3O3/c29-23-12-13-24(30-19-23)20-32-14-6-7-16-34-21-25(18-22-8-2-1-3-9-22)31-28(33)26-10-4-5-11-27(26)35-17-15-32/h1-5,8-13,19,25H,6-7,14-18,20-21H2,(H,31,33)/t25-/m0/s1. The van der Waals surface area contributed by atoms with Crippen LogP contribution in [0.4, 0.5) is 4.39 Å². The van der Waals surface area contributed by atoms with Crippen molar-refractivity contribution in [2.75, 3.05) is 32.9 Å². The van der Waals surface area contributed by atoms with Gasteiger partial charge in [0.05, 0.1) is 30.1 Å². The molecule has 1 N–H and O–H groups in total. The lowest BCUT2D eigenvalue weighted by Crippen LogP contribution is -2.40. The first-order chi connectivity index (χ1) is 17.2. The minimum atomic E-state index is -0.341. The molecule has 0 aliphatic carbocycles. The van der Waals surface area contributed by atoms with Crippen molar-refractivity contribution in [1.29, 1.82) is 0 Å². The van der Waals surface area contributed by atoms with E-state index < -0.39 is 0 Å². The number of para-hydroxylation sites is 1. The Labute approximate surface area is 206 Å². The summed E-state index contributed by atoms with van der Waals surface area (Å²) in [6.07, 6.45) is 3.79. The first-order valence-electron chi connectivity index (χ1n) is 12.1. The summed E-state index contributed by atoms with van der Waals surface area (Å²) in [6, 6.07) is 20.4. The van der Waals surface area contributed by atoms with Crippen molar-refractivity contribution >= 4 is 5.91 Å². The van der Waals surface area contributed by atoms with Gasteiger partial charge in [-0.25, -0.2) is 4.39 Å². The van der Waals surface area contributed by atoms with Crippen LogP contribution in [0, 0.1) is 5.82 Å². The number of benzene rings is 2. The zero-order valence-corrected chi connectivity index (χ0v) is 19.9. The number of pyridine rings is 1. The Kier molecular flexibility index (Phi) is 9.20. The maximum Gasteiger partial charge on any atom is 0.255 e. The lowest BCUT2D eigenvalue weighted by molar-refractivity contribution is 0.0823. The monoisotopic (exact) mass is 477 g/mol. The van der Waals surface area contributed by atoms with Crippen molar-refractivity contribution in [2.45, 2.75) is 31.8 Å². The van der Waals surface area contributed by atoms with Crippen LogP contribution in [0.5, 0.6) is 5.75 Å². The van der Waals surface area contributed by atoms with Crippen molar-refractivity contribution in [2.24, 2.45) is 0 Å². The molecule has 1 aliphatic rings. The van der Waals surface area contributed by atoms with Gasteiger partial charge in [0.25, 0.3) is 5.91 Å². The number of hydrogen-bond donors (Lipinski definition) is 1. The van der Waals surface area contributed by atoms with Gasteiger partial charge in [-0.1, -0.05) is 42.5 Å². The lowest BCUT2D eigenvalue weighted by atomic mass is 10.1. The first kappa shape index (κ1) is 24.8. The van der Waals surface area contributed by atoms with E-state index in [9.17, 15) is 9.18 Å². The summed E-state index contributed by atoms with van der Waals surface area (Å²) in [7, 11) is 0. The van der Waals surface area contributed by atoms with Crippen LogP contribution in [0.1, 0.15) is 34.5 Å². The third kappa shape index (κ3) is 7.87. The van der Waals surface area contributed by atoms with Crippen molar-refractivity contribution in [1.82, 2.24) is 15.2 Å². The van der Waals surface area contributed by atoms with Gasteiger partial charge in [-0.15, -0.1) is 0 Å². The Balaban J connectivity index is 1.46. The summed E-state index contributed by atoms with van der Waals surface area (Å²) in [6.45, 7) is 3.59. The first-order valence-corrected chi connectivity index (χ1v) is 12.1. The number of aromatic nitrogens is 1. The largest absolute Gasteiger partial charge is 0.491 e. The Bertz CT molecular complexity index is 1060. The van der Waals surface area contributed by atoms with Crippen LogP contribution in [0.15, 0.2) is 72.9 Å². The van der Waals surface area contributed by atoms with Gasteiger partial charge in [-0.2, -0.15) is 0 Å². The summed E-state index contributed by atoms with van der Waals surface area (Å²) in [4.78, 5) is 19.6. The fourth-order valence-electron chi connectivity index (χ4n) is 4.14. The zero-order valence-electron chi connectivity index (χ0n) is 19.9. The number of fused-ring (bicyclic) bond motifs is 1. The number of carbonyl (C=O) groups is 1. The van der Waals surface area contributed by atoms with Crippen LogP contribution < -0.4 is 10.1 Å². The summed E-state index contributed by atoms with van der Waals surface area (Å²) in [5.74, 6) is 0.0400. The third-order valence-electron chi connectivity index (χ3n) is 5.96. The number of amides is 1. The predicted octanol–water partition coefficient (Wildman–Crippen LogP) is 4.25. The van der Waals surface area contributed by atoms with Crippen LogP contribution in [0.2, 0.25) is 0 Å². The molecule has 35 heavy (non-hydrogen) atoms. The maximum atomic E-state index is 13.3. The highest BCUT2D eigenvalue weighted by atomic mass is 19.1. The molecule has 1 atom stereocenters. The summed E-state index contributed by atoms with van der Waals surface area (Å²) >= 11 is 0. The Morgan fingerprint density at radius 2 is 1.80 bits per heavy atom. The van der Waals surface area contributed by atoms with Gasteiger partial charge in [-0.3, -0.25) is 14.7 Å². The van der Waals surface area contributed by atoms with E-state index in [4.69, 9.17) is 9.47 Å². The molecule has 0 saturated heterocycles. The Hall–Kier alpha value is -3.29.